The van der Waals surface area contributed by atoms with Gasteiger partial charge in [-0.2, -0.15) is 0 Å². The van der Waals surface area contributed by atoms with E-state index in [1.807, 2.05) is 0 Å². The summed E-state index contributed by atoms with van der Waals surface area (Å²) in [6, 6.07) is 8.44. The molecule has 0 saturated heterocycles. The first-order valence-electron chi connectivity index (χ1n) is 17.6. The molecule has 1 aliphatic rings. The number of ether oxygens (including phenoxy) is 4. The number of amides is 1. The van der Waals surface area contributed by atoms with E-state index in [9.17, 15) is 9.18 Å². The van der Waals surface area contributed by atoms with Crippen molar-refractivity contribution < 1.29 is 28.1 Å². The zero-order chi connectivity index (χ0) is 33.4. The molecule has 46 heavy (non-hydrogen) atoms. The molecule has 0 aromatic heterocycles. The summed E-state index contributed by atoms with van der Waals surface area (Å²) >= 11 is -2.89. The van der Waals surface area contributed by atoms with E-state index < -0.39 is 25.1 Å². The number of nitrogens with zero attached hydrogens (tertiary/aromatic N) is 1. The average Bonchev–Trinajstić information content (AvgIpc) is 3.09. The molecule has 1 heterocycles. The van der Waals surface area contributed by atoms with Crippen molar-refractivity contribution in [3.63, 3.8) is 0 Å². The Morgan fingerprint density at radius 1 is 0.826 bits per heavy atom. The van der Waals surface area contributed by atoms with Crippen molar-refractivity contribution in [3.8, 4) is 23.0 Å². The van der Waals surface area contributed by atoms with Gasteiger partial charge in [-0.05, 0) is 17.7 Å². The van der Waals surface area contributed by atoms with Gasteiger partial charge in [-0.15, -0.1) is 0 Å². The third-order valence-electron chi connectivity index (χ3n) is 9.47. The molecule has 0 atom stereocenters. The van der Waals surface area contributed by atoms with E-state index in [0.29, 0.717) is 23.6 Å². The number of halogens is 1. The van der Waals surface area contributed by atoms with Gasteiger partial charge in [-0.3, -0.25) is 0 Å². The molecule has 1 amide bonds. The average molecular weight is 750 g/mol. The van der Waals surface area contributed by atoms with Crippen LogP contribution in [0.2, 0.25) is 13.3 Å². The predicted octanol–water partition coefficient (Wildman–Crippen LogP) is 7.69. The molecule has 7 nitrogen and oxygen atoms in total. The molecule has 1 N–H and O–H groups in total. The van der Waals surface area contributed by atoms with Gasteiger partial charge >= 0.3 is 230 Å². The molecule has 1 aliphatic heterocycles. The molecule has 2 aromatic rings. The molecule has 9 heteroatoms. The van der Waals surface area contributed by atoms with Gasteiger partial charge in [0, 0.05) is 0 Å². The Kier molecular flexibility index (Phi) is 16.8. The Labute approximate surface area is 281 Å². The van der Waals surface area contributed by atoms with Gasteiger partial charge < -0.3 is 9.47 Å². The molecule has 0 unspecified atom stereocenters. The number of hydrogen-bond donors (Lipinski definition) is 1. The van der Waals surface area contributed by atoms with Crippen LogP contribution in [-0.2, 0) is 13.0 Å². The van der Waals surface area contributed by atoms with Gasteiger partial charge in [0.1, 0.15) is 0 Å². The number of unbranched alkanes of at least 4 members (excludes halogenated alkanes) is 4. The molecule has 0 radical (unpaired) electrons. The van der Waals surface area contributed by atoms with Gasteiger partial charge in [0.15, 0.2) is 11.5 Å². The van der Waals surface area contributed by atoms with Crippen LogP contribution < -0.4 is 27.8 Å². The topological polar surface area (TPSA) is 69.3 Å². The summed E-state index contributed by atoms with van der Waals surface area (Å²) in [4.78, 5) is 16.2. The summed E-state index contributed by atoms with van der Waals surface area (Å²) in [5, 5.41) is 3.16. The summed E-state index contributed by atoms with van der Waals surface area (Å²) in [5.41, 5.74) is 3.09. The fraction of sp³-hybridized carbons (Fsp3) is 0.649. The third-order valence-corrected chi connectivity index (χ3v) is 25.0. The molecule has 0 saturated carbocycles. The van der Waals surface area contributed by atoms with Gasteiger partial charge in [-0.1, -0.05) is 0 Å². The minimum absolute atomic E-state index is 0.108. The molecule has 3 rings (SSSR count). The van der Waals surface area contributed by atoms with Crippen molar-refractivity contribution in [2.75, 3.05) is 54.2 Å². The molecule has 0 fully saturated rings. The number of benzene rings is 2. The first kappa shape index (κ1) is 38.2. The number of carbonyl (C=O) groups is 1. The number of nitrogens with one attached hydrogen (secondary N) is 1. The number of rotatable bonds is 22. The van der Waals surface area contributed by atoms with Gasteiger partial charge in [0.05, 0.1) is 14.2 Å². The molecule has 0 aliphatic carbocycles. The molecule has 258 valence electrons. The Morgan fingerprint density at radius 2 is 1.43 bits per heavy atom. The first-order chi connectivity index (χ1) is 22.4. The molecular weight excluding hydrogens is 690 g/mol. The van der Waals surface area contributed by atoms with Crippen LogP contribution in [-0.4, -0.2) is 83.4 Å². The number of fused-ring (bicyclic) bond motifs is 1. The van der Waals surface area contributed by atoms with Crippen LogP contribution in [0.15, 0.2) is 24.3 Å². The van der Waals surface area contributed by atoms with Gasteiger partial charge in [0.2, 0.25) is 0 Å². The van der Waals surface area contributed by atoms with Crippen LogP contribution in [0.4, 0.5) is 4.39 Å². The minimum atomic E-state index is -2.89. The van der Waals surface area contributed by atoms with Crippen molar-refractivity contribution in [2.24, 2.45) is 0 Å². The second-order valence-corrected chi connectivity index (χ2v) is 25.9. The Bertz CT molecular complexity index is 1200. The van der Waals surface area contributed by atoms with Crippen LogP contribution in [0.1, 0.15) is 93.6 Å². The van der Waals surface area contributed by atoms with Crippen LogP contribution in [0.5, 0.6) is 23.0 Å². The van der Waals surface area contributed by atoms with Crippen molar-refractivity contribution in [1.82, 2.24) is 10.2 Å². The first-order valence-corrected chi connectivity index (χ1v) is 25.0. The summed E-state index contributed by atoms with van der Waals surface area (Å²) < 4.78 is 41.1. The van der Waals surface area contributed by atoms with E-state index in [1.165, 1.54) is 66.5 Å². The zero-order valence-electron chi connectivity index (χ0n) is 29.4. The van der Waals surface area contributed by atoms with E-state index in [0.717, 1.165) is 50.4 Å². The number of alkyl halides is 1. The van der Waals surface area contributed by atoms with E-state index in [1.54, 1.807) is 21.3 Å². The van der Waals surface area contributed by atoms with Crippen molar-refractivity contribution in [3.05, 3.63) is 41.0 Å². The van der Waals surface area contributed by atoms with Crippen molar-refractivity contribution in [1.29, 1.82) is 0 Å². The fourth-order valence-electron chi connectivity index (χ4n) is 6.76. The zero-order valence-corrected chi connectivity index (χ0v) is 32.3. The Morgan fingerprint density at radius 3 is 2.00 bits per heavy atom. The van der Waals surface area contributed by atoms with E-state index in [4.69, 9.17) is 18.9 Å². The number of hydrogen-bond acceptors (Lipinski definition) is 6. The summed E-state index contributed by atoms with van der Waals surface area (Å²) in [5.74, 6) is 2.31. The molecule has 2 aromatic carbocycles. The molecular formula is C37H59FN2O5Sn. The maximum absolute atomic E-state index is 13.8. The second-order valence-electron chi connectivity index (χ2n) is 12.6. The summed E-state index contributed by atoms with van der Waals surface area (Å²) in [6.07, 6.45) is 10.00. The van der Waals surface area contributed by atoms with E-state index >= 15 is 0 Å². The molecule has 0 bridgehead atoms. The van der Waals surface area contributed by atoms with Crippen molar-refractivity contribution >= 4 is 27.9 Å². The third kappa shape index (κ3) is 10.4. The van der Waals surface area contributed by atoms with Crippen LogP contribution in [0.3, 0.4) is 0 Å². The summed E-state index contributed by atoms with van der Waals surface area (Å²) in [7, 11) is 4.97. The predicted molar refractivity (Wildman–Crippen MR) is 189 cm³/mol. The number of carbonyl (C=O) groups excluding carboxylic acids is 1. The van der Waals surface area contributed by atoms with Crippen LogP contribution in [0, 0.1) is 0 Å². The Hall–Kier alpha value is -2.20. The van der Waals surface area contributed by atoms with Crippen LogP contribution in [0.25, 0.3) is 0 Å². The SMILES string of the molecule is CCC[CH2][Sn]([CH2]CCC)([CH2]CCC)[c]1cc(OC)c(OCCF)c(C(=O)NCCCCN2CCc3cc(OC)c(OC)cc3C2)c1. The standard InChI is InChI=1S/C25H32FN2O5.3C4H9.Sn/c1-30-21-8-6-7-20(24(21)33-14-10-26)25(29)27-11-4-5-12-28-13-9-18-15-22(31-2)23(32-3)16-19(18)17-28;3*1-3-4-2;/h7-8,15-16H,4-5,9-14,17H2,1-3H3,(H,27,29);3*1,3-4H2,2H3;. The monoisotopic (exact) mass is 750 g/mol. The fourth-order valence-corrected chi connectivity index (χ4v) is 22.7. The maximum atomic E-state index is 13.8. The normalized spacial score (nSPS) is 13.3. The Balaban J connectivity index is 1.73. The van der Waals surface area contributed by atoms with Crippen LogP contribution >= 0.6 is 0 Å². The second kappa shape index (κ2) is 20.2. The molecule has 0 spiro atoms. The van der Waals surface area contributed by atoms with Crippen molar-refractivity contribution in [2.45, 2.75) is 98.4 Å². The summed E-state index contributed by atoms with van der Waals surface area (Å²) in [6.45, 7) is 9.47. The van der Waals surface area contributed by atoms with E-state index in [2.05, 4.69) is 55.3 Å². The van der Waals surface area contributed by atoms with Gasteiger partial charge in [-0.25, -0.2) is 0 Å². The quantitative estimate of drug-likeness (QED) is 0.0985. The van der Waals surface area contributed by atoms with Gasteiger partial charge in [0.25, 0.3) is 0 Å². The number of methoxy groups -OCH3 is 3. The van der Waals surface area contributed by atoms with E-state index in [-0.39, 0.29) is 12.5 Å².